The lowest BCUT2D eigenvalue weighted by Gasteiger charge is -2.01. The summed E-state index contributed by atoms with van der Waals surface area (Å²) in [6.07, 6.45) is 6.22. The lowest BCUT2D eigenvalue weighted by atomic mass is 10.0. The molecule has 0 amide bonds. The number of rotatable bonds is 5. The zero-order valence-corrected chi connectivity index (χ0v) is 11.2. The number of ether oxygens (including phenoxy) is 1. The van der Waals surface area contributed by atoms with Crippen molar-refractivity contribution in [3.05, 3.63) is 35.4 Å². The molecule has 0 bridgehead atoms. The molecular weight excluding hydrogens is 224 g/mol. The molecule has 0 spiro atoms. The van der Waals surface area contributed by atoms with Gasteiger partial charge in [0, 0.05) is 11.5 Å². The zero-order valence-electron chi connectivity index (χ0n) is 11.2. The SMILES string of the molecule is CCCCCCc1ccc(C#CC(=O)OC)cc1. The number of hydrogen-bond donors (Lipinski definition) is 0. The molecule has 0 saturated heterocycles. The van der Waals surface area contributed by atoms with E-state index in [1.165, 1.54) is 38.4 Å². The molecule has 0 fully saturated rings. The summed E-state index contributed by atoms with van der Waals surface area (Å²) in [5.74, 6) is 4.69. The Labute approximate surface area is 109 Å². The monoisotopic (exact) mass is 244 g/mol. The van der Waals surface area contributed by atoms with Gasteiger partial charge in [0.25, 0.3) is 0 Å². The summed E-state index contributed by atoms with van der Waals surface area (Å²) in [7, 11) is 1.33. The van der Waals surface area contributed by atoms with Gasteiger partial charge in [-0.1, -0.05) is 44.2 Å². The Balaban J connectivity index is 2.46. The van der Waals surface area contributed by atoms with Crippen molar-refractivity contribution in [3.63, 3.8) is 0 Å². The smallest absolute Gasteiger partial charge is 0.384 e. The first-order valence-electron chi connectivity index (χ1n) is 6.45. The van der Waals surface area contributed by atoms with Crippen LogP contribution in [0.25, 0.3) is 0 Å². The number of esters is 1. The van der Waals surface area contributed by atoms with E-state index < -0.39 is 5.97 Å². The zero-order chi connectivity index (χ0) is 13.2. The fourth-order valence-electron chi connectivity index (χ4n) is 1.68. The molecule has 1 aromatic carbocycles. The standard InChI is InChI=1S/C16H20O2/c1-3-4-5-6-7-14-8-10-15(11-9-14)12-13-16(17)18-2/h8-11H,3-7H2,1-2H3. The number of carbonyl (C=O) groups excluding carboxylic acids is 1. The highest BCUT2D eigenvalue weighted by molar-refractivity contribution is 5.88. The van der Waals surface area contributed by atoms with Crippen LogP contribution in [0.3, 0.4) is 0 Å². The molecule has 0 unspecified atom stereocenters. The van der Waals surface area contributed by atoms with Crippen LogP contribution in [0, 0.1) is 11.8 Å². The third-order valence-electron chi connectivity index (χ3n) is 2.77. The van der Waals surface area contributed by atoms with Crippen molar-refractivity contribution < 1.29 is 9.53 Å². The molecule has 18 heavy (non-hydrogen) atoms. The predicted molar refractivity (Wildman–Crippen MR) is 73.2 cm³/mol. The van der Waals surface area contributed by atoms with Gasteiger partial charge in [-0.15, -0.1) is 0 Å². The Bertz CT molecular complexity index is 421. The number of hydrogen-bond acceptors (Lipinski definition) is 2. The van der Waals surface area contributed by atoms with Gasteiger partial charge in [0.15, 0.2) is 0 Å². The van der Waals surface area contributed by atoms with E-state index in [0.29, 0.717) is 0 Å². The molecule has 0 heterocycles. The van der Waals surface area contributed by atoms with E-state index >= 15 is 0 Å². The number of benzene rings is 1. The summed E-state index contributed by atoms with van der Waals surface area (Å²) in [5, 5.41) is 0. The normalized spacial score (nSPS) is 9.44. The highest BCUT2D eigenvalue weighted by atomic mass is 16.5. The molecule has 0 atom stereocenters. The summed E-state index contributed by atoms with van der Waals surface area (Å²) in [6, 6.07) is 8.05. The number of aryl methyl sites for hydroxylation is 1. The first-order valence-corrected chi connectivity index (χ1v) is 6.45. The van der Waals surface area contributed by atoms with E-state index in [9.17, 15) is 4.79 Å². The first-order chi connectivity index (χ1) is 8.76. The maximum Gasteiger partial charge on any atom is 0.384 e. The van der Waals surface area contributed by atoms with Gasteiger partial charge in [0.1, 0.15) is 0 Å². The van der Waals surface area contributed by atoms with Crippen LogP contribution in [0.15, 0.2) is 24.3 Å². The van der Waals surface area contributed by atoms with Crippen molar-refractivity contribution in [2.75, 3.05) is 7.11 Å². The highest BCUT2D eigenvalue weighted by Gasteiger charge is 1.95. The molecule has 0 aromatic heterocycles. The van der Waals surface area contributed by atoms with E-state index in [2.05, 4.69) is 35.6 Å². The fourth-order valence-corrected chi connectivity index (χ4v) is 1.68. The topological polar surface area (TPSA) is 26.3 Å². The summed E-state index contributed by atoms with van der Waals surface area (Å²) in [6.45, 7) is 2.22. The Morgan fingerprint density at radius 3 is 2.50 bits per heavy atom. The van der Waals surface area contributed by atoms with Crippen molar-refractivity contribution in [3.8, 4) is 11.8 Å². The fraction of sp³-hybridized carbons (Fsp3) is 0.438. The molecule has 1 aromatic rings. The number of methoxy groups -OCH3 is 1. The number of carbonyl (C=O) groups is 1. The van der Waals surface area contributed by atoms with Gasteiger partial charge in [-0.2, -0.15) is 0 Å². The third kappa shape index (κ3) is 5.54. The lowest BCUT2D eigenvalue weighted by Crippen LogP contribution is -1.94. The highest BCUT2D eigenvalue weighted by Crippen LogP contribution is 2.09. The minimum absolute atomic E-state index is 0.501. The molecule has 0 aliphatic carbocycles. The average molecular weight is 244 g/mol. The predicted octanol–water partition coefficient (Wildman–Crippen LogP) is 3.33. The van der Waals surface area contributed by atoms with Crippen LogP contribution < -0.4 is 0 Å². The van der Waals surface area contributed by atoms with Crippen LogP contribution in [0.4, 0.5) is 0 Å². The van der Waals surface area contributed by atoms with Crippen LogP contribution in [-0.2, 0) is 16.0 Å². The van der Waals surface area contributed by atoms with Crippen molar-refractivity contribution in [1.82, 2.24) is 0 Å². The van der Waals surface area contributed by atoms with Gasteiger partial charge in [-0.25, -0.2) is 4.79 Å². The maximum atomic E-state index is 10.9. The lowest BCUT2D eigenvalue weighted by molar-refractivity contribution is -0.133. The van der Waals surface area contributed by atoms with Gasteiger partial charge >= 0.3 is 5.97 Å². The molecule has 0 radical (unpaired) electrons. The minimum Gasteiger partial charge on any atom is -0.459 e. The van der Waals surface area contributed by atoms with Crippen LogP contribution in [0.5, 0.6) is 0 Å². The van der Waals surface area contributed by atoms with Crippen LogP contribution in [-0.4, -0.2) is 13.1 Å². The molecule has 0 N–H and O–H groups in total. The van der Waals surface area contributed by atoms with Crippen LogP contribution >= 0.6 is 0 Å². The molecule has 2 heteroatoms. The molecule has 0 aliphatic rings. The number of unbranched alkanes of at least 4 members (excludes halogenated alkanes) is 3. The second-order valence-corrected chi connectivity index (χ2v) is 4.25. The van der Waals surface area contributed by atoms with Gasteiger partial charge in [-0.3, -0.25) is 0 Å². The molecule has 96 valence electrons. The van der Waals surface area contributed by atoms with Crippen molar-refractivity contribution in [2.45, 2.75) is 39.0 Å². The quantitative estimate of drug-likeness (QED) is 0.451. The Morgan fingerprint density at radius 2 is 1.89 bits per heavy atom. The largest absolute Gasteiger partial charge is 0.459 e. The van der Waals surface area contributed by atoms with Gasteiger partial charge in [0.2, 0.25) is 0 Å². The van der Waals surface area contributed by atoms with Gasteiger partial charge in [-0.05, 0) is 30.5 Å². The molecular formula is C16H20O2. The van der Waals surface area contributed by atoms with E-state index in [1.807, 2.05) is 12.1 Å². The van der Waals surface area contributed by atoms with E-state index in [-0.39, 0.29) is 0 Å². The second-order valence-electron chi connectivity index (χ2n) is 4.25. The van der Waals surface area contributed by atoms with E-state index in [4.69, 9.17) is 0 Å². The molecule has 0 aliphatic heterocycles. The van der Waals surface area contributed by atoms with Crippen LogP contribution in [0.1, 0.15) is 43.7 Å². The van der Waals surface area contributed by atoms with Crippen molar-refractivity contribution in [1.29, 1.82) is 0 Å². The van der Waals surface area contributed by atoms with Gasteiger partial charge < -0.3 is 4.74 Å². The summed E-state index contributed by atoms with van der Waals surface area (Å²) in [4.78, 5) is 10.9. The molecule has 0 saturated carbocycles. The Morgan fingerprint density at radius 1 is 1.17 bits per heavy atom. The van der Waals surface area contributed by atoms with Gasteiger partial charge in [0.05, 0.1) is 7.11 Å². The molecule has 2 nitrogen and oxygen atoms in total. The van der Waals surface area contributed by atoms with Crippen molar-refractivity contribution >= 4 is 5.97 Å². The van der Waals surface area contributed by atoms with E-state index in [1.54, 1.807) is 0 Å². The van der Waals surface area contributed by atoms with Crippen LogP contribution in [0.2, 0.25) is 0 Å². The summed E-state index contributed by atoms with van der Waals surface area (Å²) >= 11 is 0. The summed E-state index contributed by atoms with van der Waals surface area (Å²) in [5.41, 5.74) is 2.17. The minimum atomic E-state index is -0.501. The van der Waals surface area contributed by atoms with Crippen molar-refractivity contribution in [2.24, 2.45) is 0 Å². The summed E-state index contributed by atoms with van der Waals surface area (Å²) < 4.78 is 4.46. The Hall–Kier alpha value is -1.75. The van der Waals surface area contributed by atoms with E-state index in [0.717, 1.165) is 12.0 Å². The first kappa shape index (κ1) is 14.3. The third-order valence-corrected chi connectivity index (χ3v) is 2.77. The Kier molecular flexibility index (Phi) is 6.64. The maximum absolute atomic E-state index is 10.9. The average Bonchev–Trinajstić information content (AvgIpc) is 2.42. The molecule has 1 rings (SSSR count). The second kappa shape index (κ2) is 8.36.